The van der Waals surface area contributed by atoms with Crippen LogP contribution in [0, 0.1) is 6.92 Å². The van der Waals surface area contributed by atoms with E-state index in [0.717, 1.165) is 40.0 Å². The maximum absolute atomic E-state index is 5.71. The molecule has 2 heterocycles. The van der Waals surface area contributed by atoms with Gasteiger partial charge in [-0.25, -0.2) is 4.98 Å². The zero-order valence-corrected chi connectivity index (χ0v) is 12.4. The molecule has 0 aliphatic carbocycles. The van der Waals surface area contributed by atoms with Crippen molar-refractivity contribution < 1.29 is 4.42 Å². The van der Waals surface area contributed by atoms with E-state index < -0.39 is 0 Å². The summed E-state index contributed by atoms with van der Waals surface area (Å²) in [5, 5.41) is 4.00. The number of benzene rings is 1. The lowest BCUT2D eigenvalue weighted by atomic mass is 10.2. The lowest BCUT2D eigenvalue weighted by Gasteiger charge is -1.95. The molecule has 0 atom stereocenters. The van der Waals surface area contributed by atoms with Crippen LogP contribution in [0.4, 0.5) is 0 Å². The smallest absolute Gasteiger partial charge is 0.166 e. The summed E-state index contributed by atoms with van der Waals surface area (Å²) in [6.07, 6.45) is 0. The van der Waals surface area contributed by atoms with Crippen LogP contribution in [0.3, 0.4) is 0 Å². The maximum Gasteiger partial charge on any atom is 0.166 e. The third-order valence-electron chi connectivity index (χ3n) is 3.04. The van der Waals surface area contributed by atoms with Gasteiger partial charge < -0.3 is 14.7 Å². The monoisotopic (exact) mass is 287 g/mol. The fourth-order valence-electron chi connectivity index (χ4n) is 2.08. The van der Waals surface area contributed by atoms with Crippen molar-refractivity contribution in [1.82, 2.24) is 15.3 Å². The van der Waals surface area contributed by atoms with Gasteiger partial charge >= 0.3 is 0 Å². The van der Waals surface area contributed by atoms with Crippen LogP contribution in [0.1, 0.15) is 17.1 Å². The molecule has 104 valence electrons. The molecule has 0 aliphatic rings. The van der Waals surface area contributed by atoms with Crippen molar-refractivity contribution in [3.63, 3.8) is 0 Å². The van der Waals surface area contributed by atoms with Gasteiger partial charge in [0, 0.05) is 0 Å². The molecule has 5 heteroatoms. The summed E-state index contributed by atoms with van der Waals surface area (Å²) in [5.41, 5.74) is 3.33. The van der Waals surface area contributed by atoms with Gasteiger partial charge in [0.25, 0.3) is 0 Å². The first-order valence-electron chi connectivity index (χ1n) is 6.56. The van der Waals surface area contributed by atoms with E-state index in [1.165, 1.54) is 5.56 Å². The van der Waals surface area contributed by atoms with Gasteiger partial charge in [0.05, 0.1) is 23.3 Å². The molecule has 2 N–H and O–H groups in total. The SMILES string of the molecule is CNCc1ccc(CSc2nc3ccc(C)cc3[nH]2)o1. The fraction of sp³-hybridized carbons (Fsp3) is 0.267. The summed E-state index contributed by atoms with van der Waals surface area (Å²) in [7, 11) is 1.91. The summed E-state index contributed by atoms with van der Waals surface area (Å²) in [4.78, 5) is 7.90. The van der Waals surface area contributed by atoms with E-state index in [1.54, 1.807) is 11.8 Å². The maximum atomic E-state index is 5.71. The first-order chi connectivity index (χ1) is 9.74. The number of nitrogens with zero attached hydrogens (tertiary/aromatic N) is 1. The van der Waals surface area contributed by atoms with Gasteiger partial charge in [-0.15, -0.1) is 0 Å². The topological polar surface area (TPSA) is 53.9 Å². The fourth-order valence-corrected chi connectivity index (χ4v) is 2.86. The summed E-state index contributed by atoms with van der Waals surface area (Å²) >= 11 is 1.66. The number of aryl methyl sites for hydroxylation is 1. The second-order valence-electron chi connectivity index (χ2n) is 4.75. The largest absolute Gasteiger partial charge is 0.464 e. The third-order valence-corrected chi connectivity index (χ3v) is 3.93. The van der Waals surface area contributed by atoms with Crippen LogP contribution >= 0.6 is 11.8 Å². The highest BCUT2D eigenvalue weighted by Crippen LogP contribution is 2.24. The molecule has 0 unspecified atom stereocenters. The van der Waals surface area contributed by atoms with Crippen molar-refractivity contribution in [2.45, 2.75) is 24.4 Å². The van der Waals surface area contributed by atoms with Gasteiger partial charge in [0.1, 0.15) is 11.5 Å². The Kier molecular flexibility index (Phi) is 3.80. The zero-order chi connectivity index (χ0) is 13.9. The van der Waals surface area contributed by atoms with Crippen molar-refractivity contribution in [3.05, 3.63) is 47.4 Å². The number of aromatic amines is 1. The predicted molar refractivity (Wildman–Crippen MR) is 81.9 cm³/mol. The number of H-pyrrole nitrogens is 1. The molecule has 20 heavy (non-hydrogen) atoms. The molecule has 0 saturated carbocycles. The summed E-state index contributed by atoms with van der Waals surface area (Å²) in [5.74, 6) is 2.71. The highest BCUT2D eigenvalue weighted by Gasteiger charge is 2.06. The van der Waals surface area contributed by atoms with E-state index in [2.05, 4.69) is 34.3 Å². The van der Waals surface area contributed by atoms with Crippen molar-refractivity contribution in [2.75, 3.05) is 7.05 Å². The standard InChI is InChI=1S/C15H17N3OS/c1-10-3-6-13-14(7-10)18-15(17-13)20-9-12-5-4-11(19-12)8-16-2/h3-7,16H,8-9H2,1-2H3,(H,17,18). The highest BCUT2D eigenvalue weighted by molar-refractivity contribution is 7.98. The second-order valence-corrected chi connectivity index (χ2v) is 5.71. The average molecular weight is 287 g/mol. The van der Waals surface area contributed by atoms with Gasteiger partial charge in [-0.2, -0.15) is 0 Å². The van der Waals surface area contributed by atoms with Gasteiger partial charge in [-0.05, 0) is 43.8 Å². The minimum atomic E-state index is 0.759. The van der Waals surface area contributed by atoms with Crippen LogP contribution in [0.15, 0.2) is 39.9 Å². The molecule has 4 nitrogen and oxygen atoms in total. The number of fused-ring (bicyclic) bond motifs is 1. The van der Waals surface area contributed by atoms with Gasteiger partial charge in [-0.1, -0.05) is 17.8 Å². The Bertz CT molecular complexity index is 717. The normalized spacial score (nSPS) is 11.3. The highest BCUT2D eigenvalue weighted by atomic mass is 32.2. The lowest BCUT2D eigenvalue weighted by molar-refractivity contribution is 0.469. The predicted octanol–water partition coefficient (Wildman–Crippen LogP) is 3.48. The molecule has 3 aromatic rings. The number of rotatable bonds is 5. The minimum absolute atomic E-state index is 0.759. The number of hydrogen-bond donors (Lipinski definition) is 2. The van der Waals surface area contributed by atoms with Crippen LogP contribution in [-0.2, 0) is 12.3 Å². The molecule has 0 aliphatic heterocycles. The van der Waals surface area contributed by atoms with Gasteiger partial charge in [0.15, 0.2) is 5.16 Å². The molecule has 0 amide bonds. The van der Waals surface area contributed by atoms with E-state index >= 15 is 0 Å². The van der Waals surface area contributed by atoms with E-state index in [0.29, 0.717) is 0 Å². The second kappa shape index (κ2) is 5.73. The molecule has 0 saturated heterocycles. The number of imidazole rings is 1. The average Bonchev–Trinajstić information content (AvgIpc) is 3.02. The Morgan fingerprint density at radius 1 is 1.25 bits per heavy atom. The Balaban J connectivity index is 1.69. The Morgan fingerprint density at radius 3 is 2.95 bits per heavy atom. The molecular formula is C15H17N3OS. The molecule has 2 aromatic heterocycles. The van der Waals surface area contributed by atoms with Gasteiger partial charge in [0.2, 0.25) is 0 Å². The van der Waals surface area contributed by atoms with Crippen LogP contribution in [0.25, 0.3) is 11.0 Å². The summed E-state index contributed by atoms with van der Waals surface area (Å²) in [6.45, 7) is 2.84. The van der Waals surface area contributed by atoms with E-state index in [4.69, 9.17) is 4.42 Å². The molecule has 0 bridgehead atoms. The van der Waals surface area contributed by atoms with E-state index in [9.17, 15) is 0 Å². The molecule has 0 spiro atoms. The Morgan fingerprint density at radius 2 is 2.10 bits per heavy atom. The molecular weight excluding hydrogens is 270 g/mol. The summed E-state index contributed by atoms with van der Waals surface area (Å²) in [6, 6.07) is 10.3. The quantitative estimate of drug-likeness (QED) is 0.705. The third kappa shape index (κ3) is 2.89. The number of thioether (sulfide) groups is 1. The van der Waals surface area contributed by atoms with E-state index in [1.807, 2.05) is 25.2 Å². The molecule has 0 fully saturated rings. The van der Waals surface area contributed by atoms with E-state index in [-0.39, 0.29) is 0 Å². The van der Waals surface area contributed by atoms with Crippen LogP contribution in [0.5, 0.6) is 0 Å². The van der Waals surface area contributed by atoms with Crippen molar-refractivity contribution >= 4 is 22.8 Å². The first-order valence-corrected chi connectivity index (χ1v) is 7.54. The zero-order valence-electron chi connectivity index (χ0n) is 11.6. The number of aromatic nitrogens is 2. The lowest BCUT2D eigenvalue weighted by Crippen LogP contribution is -2.03. The molecule has 0 radical (unpaired) electrons. The van der Waals surface area contributed by atoms with Crippen LogP contribution in [0.2, 0.25) is 0 Å². The van der Waals surface area contributed by atoms with Crippen LogP contribution < -0.4 is 5.32 Å². The molecule has 3 rings (SSSR count). The Hall–Kier alpha value is -1.72. The molecule has 1 aromatic carbocycles. The number of hydrogen-bond acceptors (Lipinski definition) is 4. The Labute approximate surface area is 122 Å². The number of nitrogens with one attached hydrogen (secondary N) is 2. The van der Waals surface area contributed by atoms with Crippen LogP contribution in [-0.4, -0.2) is 17.0 Å². The van der Waals surface area contributed by atoms with Crippen molar-refractivity contribution in [3.8, 4) is 0 Å². The van der Waals surface area contributed by atoms with Gasteiger partial charge in [-0.3, -0.25) is 0 Å². The summed E-state index contributed by atoms with van der Waals surface area (Å²) < 4.78 is 5.71. The van der Waals surface area contributed by atoms with Crippen molar-refractivity contribution in [2.24, 2.45) is 0 Å². The first kappa shape index (κ1) is 13.3. The van der Waals surface area contributed by atoms with Crippen molar-refractivity contribution in [1.29, 1.82) is 0 Å². The minimum Gasteiger partial charge on any atom is -0.464 e. The number of furan rings is 1.